The SMILES string of the molecule is CCc1ccccc1C(=O)NCCC(C)CCC(=O)O. The van der Waals surface area contributed by atoms with Gasteiger partial charge in [-0.3, -0.25) is 9.59 Å². The smallest absolute Gasteiger partial charge is 0.303 e. The van der Waals surface area contributed by atoms with Gasteiger partial charge in [0.2, 0.25) is 0 Å². The van der Waals surface area contributed by atoms with Gasteiger partial charge >= 0.3 is 5.97 Å². The zero-order valence-corrected chi connectivity index (χ0v) is 12.2. The molecule has 110 valence electrons. The topological polar surface area (TPSA) is 66.4 Å². The summed E-state index contributed by atoms with van der Waals surface area (Å²) in [6.45, 7) is 4.62. The van der Waals surface area contributed by atoms with Crippen LogP contribution in [0.25, 0.3) is 0 Å². The maximum absolute atomic E-state index is 12.1. The van der Waals surface area contributed by atoms with Gasteiger partial charge in [-0.2, -0.15) is 0 Å². The molecule has 0 bridgehead atoms. The summed E-state index contributed by atoms with van der Waals surface area (Å²) < 4.78 is 0. The molecule has 0 saturated carbocycles. The Hall–Kier alpha value is -1.84. The number of benzene rings is 1. The number of aryl methyl sites for hydroxylation is 1. The van der Waals surface area contributed by atoms with Crippen molar-refractivity contribution in [2.45, 2.75) is 39.5 Å². The summed E-state index contributed by atoms with van der Waals surface area (Å²) in [4.78, 5) is 22.5. The van der Waals surface area contributed by atoms with Gasteiger partial charge in [-0.15, -0.1) is 0 Å². The molecule has 0 saturated heterocycles. The van der Waals surface area contributed by atoms with Crippen molar-refractivity contribution in [1.29, 1.82) is 0 Å². The van der Waals surface area contributed by atoms with Crippen molar-refractivity contribution >= 4 is 11.9 Å². The minimum atomic E-state index is -0.766. The standard InChI is InChI=1S/C16H23NO3/c1-3-13-6-4-5-7-14(13)16(20)17-11-10-12(2)8-9-15(18)19/h4-7,12H,3,8-11H2,1-2H3,(H,17,20)(H,18,19). The molecular formula is C16H23NO3. The van der Waals surface area contributed by atoms with Crippen LogP contribution in [0.2, 0.25) is 0 Å². The fraction of sp³-hybridized carbons (Fsp3) is 0.500. The van der Waals surface area contributed by atoms with Crippen molar-refractivity contribution in [2.24, 2.45) is 5.92 Å². The highest BCUT2D eigenvalue weighted by atomic mass is 16.4. The van der Waals surface area contributed by atoms with E-state index in [2.05, 4.69) is 5.32 Å². The molecule has 0 spiro atoms. The van der Waals surface area contributed by atoms with E-state index in [9.17, 15) is 9.59 Å². The molecular weight excluding hydrogens is 254 g/mol. The lowest BCUT2D eigenvalue weighted by molar-refractivity contribution is -0.137. The van der Waals surface area contributed by atoms with E-state index in [-0.39, 0.29) is 12.3 Å². The van der Waals surface area contributed by atoms with Gasteiger partial charge in [0.1, 0.15) is 0 Å². The van der Waals surface area contributed by atoms with Gasteiger partial charge in [0, 0.05) is 18.5 Å². The van der Waals surface area contributed by atoms with Crippen LogP contribution in [-0.2, 0) is 11.2 Å². The largest absolute Gasteiger partial charge is 0.481 e. The summed E-state index contributed by atoms with van der Waals surface area (Å²) in [5.74, 6) is -0.515. The molecule has 1 unspecified atom stereocenters. The molecule has 4 heteroatoms. The highest BCUT2D eigenvalue weighted by Gasteiger charge is 2.10. The normalized spacial score (nSPS) is 11.9. The number of hydrogen-bond donors (Lipinski definition) is 2. The van der Waals surface area contributed by atoms with Gasteiger partial charge in [0.05, 0.1) is 0 Å². The molecule has 1 aromatic carbocycles. The Bertz CT molecular complexity index is 457. The number of aliphatic carboxylic acids is 1. The molecule has 4 nitrogen and oxygen atoms in total. The Morgan fingerprint density at radius 2 is 1.95 bits per heavy atom. The highest BCUT2D eigenvalue weighted by molar-refractivity contribution is 5.95. The van der Waals surface area contributed by atoms with Gasteiger partial charge in [-0.05, 0) is 36.8 Å². The number of carboxylic acid groups (broad SMARTS) is 1. The van der Waals surface area contributed by atoms with Crippen LogP contribution in [0.1, 0.15) is 49.0 Å². The number of hydrogen-bond acceptors (Lipinski definition) is 2. The van der Waals surface area contributed by atoms with Gasteiger partial charge in [-0.1, -0.05) is 32.0 Å². The molecule has 1 amide bonds. The maximum atomic E-state index is 12.1. The predicted molar refractivity (Wildman–Crippen MR) is 78.8 cm³/mol. The Balaban J connectivity index is 2.38. The first kappa shape index (κ1) is 16.2. The summed E-state index contributed by atoms with van der Waals surface area (Å²) in [5.41, 5.74) is 1.78. The summed E-state index contributed by atoms with van der Waals surface area (Å²) in [6.07, 6.45) is 2.47. The van der Waals surface area contributed by atoms with E-state index in [1.165, 1.54) is 0 Å². The van der Waals surface area contributed by atoms with Crippen LogP contribution in [0, 0.1) is 5.92 Å². The second kappa shape index (κ2) is 8.35. The summed E-state index contributed by atoms with van der Waals surface area (Å²) in [5, 5.41) is 11.5. The van der Waals surface area contributed by atoms with Crippen molar-refractivity contribution in [2.75, 3.05) is 6.54 Å². The average molecular weight is 277 g/mol. The predicted octanol–water partition coefficient (Wildman–Crippen LogP) is 2.87. The number of carboxylic acids is 1. The van der Waals surface area contributed by atoms with Crippen molar-refractivity contribution in [3.05, 3.63) is 35.4 Å². The van der Waals surface area contributed by atoms with Crippen LogP contribution >= 0.6 is 0 Å². The van der Waals surface area contributed by atoms with Gasteiger partial charge < -0.3 is 10.4 Å². The second-order valence-corrected chi connectivity index (χ2v) is 5.09. The van der Waals surface area contributed by atoms with Crippen molar-refractivity contribution in [1.82, 2.24) is 5.32 Å². The molecule has 20 heavy (non-hydrogen) atoms. The minimum absolute atomic E-state index is 0.0483. The fourth-order valence-corrected chi connectivity index (χ4v) is 2.09. The highest BCUT2D eigenvalue weighted by Crippen LogP contribution is 2.11. The van der Waals surface area contributed by atoms with Crippen LogP contribution in [0.15, 0.2) is 24.3 Å². The molecule has 2 N–H and O–H groups in total. The maximum Gasteiger partial charge on any atom is 0.303 e. The zero-order chi connectivity index (χ0) is 15.0. The van der Waals surface area contributed by atoms with E-state index in [4.69, 9.17) is 5.11 Å². The molecule has 1 rings (SSSR count). The van der Waals surface area contributed by atoms with E-state index >= 15 is 0 Å². The molecule has 0 radical (unpaired) electrons. The van der Waals surface area contributed by atoms with Gasteiger partial charge in [0.25, 0.3) is 5.91 Å². The first-order chi connectivity index (χ1) is 9.54. The third-order valence-corrected chi connectivity index (χ3v) is 3.42. The molecule has 0 aliphatic carbocycles. The van der Waals surface area contributed by atoms with E-state index in [0.29, 0.717) is 18.9 Å². The van der Waals surface area contributed by atoms with Crippen LogP contribution in [0.4, 0.5) is 0 Å². The molecule has 1 atom stereocenters. The number of carbonyl (C=O) groups is 2. The second-order valence-electron chi connectivity index (χ2n) is 5.09. The van der Waals surface area contributed by atoms with Gasteiger partial charge in [0.15, 0.2) is 0 Å². The lowest BCUT2D eigenvalue weighted by Gasteiger charge is -2.12. The molecule has 1 aromatic rings. The lowest BCUT2D eigenvalue weighted by Crippen LogP contribution is -2.26. The molecule has 0 fully saturated rings. The number of nitrogens with one attached hydrogen (secondary N) is 1. The van der Waals surface area contributed by atoms with E-state index in [1.54, 1.807) is 0 Å². The number of amides is 1. The summed E-state index contributed by atoms with van der Waals surface area (Å²) in [7, 11) is 0. The minimum Gasteiger partial charge on any atom is -0.481 e. The van der Waals surface area contributed by atoms with E-state index in [0.717, 1.165) is 24.0 Å². The first-order valence-corrected chi connectivity index (χ1v) is 7.12. The fourth-order valence-electron chi connectivity index (χ4n) is 2.09. The Morgan fingerprint density at radius 3 is 2.60 bits per heavy atom. The van der Waals surface area contributed by atoms with Crippen molar-refractivity contribution < 1.29 is 14.7 Å². The van der Waals surface area contributed by atoms with Crippen LogP contribution in [-0.4, -0.2) is 23.5 Å². The van der Waals surface area contributed by atoms with E-state index < -0.39 is 5.97 Å². The number of rotatable bonds is 8. The monoisotopic (exact) mass is 277 g/mol. The first-order valence-electron chi connectivity index (χ1n) is 7.12. The van der Waals surface area contributed by atoms with Crippen LogP contribution < -0.4 is 5.32 Å². The third kappa shape index (κ3) is 5.43. The molecule has 0 aromatic heterocycles. The van der Waals surface area contributed by atoms with E-state index in [1.807, 2.05) is 38.1 Å². The molecule has 0 aliphatic rings. The lowest BCUT2D eigenvalue weighted by atomic mass is 10.0. The Labute approximate surface area is 120 Å². The third-order valence-electron chi connectivity index (χ3n) is 3.42. The summed E-state index contributed by atoms with van der Waals surface area (Å²) >= 11 is 0. The summed E-state index contributed by atoms with van der Waals surface area (Å²) in [6, 6.07) is 7.60. The molecule has 0 heterocycles. The Morgan fingerprint density at radius 1 is 1.25 bits per heavy atom. The average Bonchev–Trinajstić information content (AvgIpc) is 2.44. The quantitative estimate of drug-likeness (QED) is 0.768. The Kier molecular flexibility index (Phi) is 6.77. The molecule has 0 aliphatic heterocycles. The van der Waals surface area contributed by atoms with Crippen molar-refractivity contribution in [3.63, 3.8) is 0 Å². The number of carbonyl (C=O) groups excluding carboxylic acids is 1. The zero-order valence-electron chi connectivity index (χ0n) is 12.2. The van der Waals surface area contributed by atoms with Crippen LogP contribution in [0.3, 0.4) is 0 Å². The van der Waals surface area contributed by atoms with Crippen molar-refractivity contribution in [3.8, 4) is 0 Å². The van der Waals surface area contributed by atoms with Crippen LogP contribution in [0.5, 0.6) is 0 Å². The van der Waals surface area contributed by atoms with Gasteiger partial charge in [-0.25, -0.2) is 0 Å².